The molecule has 2 fully saturated rings. The van der Waals surface area contributed by atoms with E-state index in [4.69, 9.17) is 9.47 Å². The molecule has 0 aromatic rings. The molecule has 18 heavy (non-hydrogen) atoms. The van der Waals surface area contributed by atoms with Crippen molar-refractivity contribution in [3.63, 3.8) is 0 Å². The predicted octanol–water partition coefficient (Wildman–Crippen LogP) is 2.86. The van der Waals surface area contributed by atoms with Crippen LogP contribution in [0.5, 0.6) is 0 Å². The summed E-state index contributed by atoms with van der Waals surface area (Å²) in [6, 6.07) is 0. The third kappa shape index (κ3) is 4.48. The summed E-state index contributed by atoms with van der Waals surface area (Å²) >= 11 is 0. The van der Waals surface area contributed by atoms with Crippen LogP contribution in [0, 0.1) is 5.92 Å². The van der Waals surface area contributed by atoms with Crippen LogP contribution in [-0.2, 0) is 9.47 Å². The molecule has 0 aromatic heterocycles. The van der Waals surface area contributed by atoms with Gasteiger partial charge in [-0.05, 0) is 52.4 Å². The van der Waals surface area contributed by atoms with Crippen LogP contribution in [0.2, 0.25) is 0 Å². The second-order valence-electron chi connectivity index (χ2n) is 6.47. The van der Waals surface area contributed by atoms with Crippen LogP contribution in [0.25, 0.3) is 0 Å². The van der Waals surface area contributed by atoms with Gasteiger partial charge in [-0.25, -0.2) is 4.79 Å². The Balaban J connectivity index is 1.67. The number of hydrogen-bond acceptors (Lipinski definition) is 3. The van der Waals surface area contributed by atoms with E-state index < -0.39 is 5.60 Å². The zero-order chi connectivity index (χ0) is 13.2. The highest BCUT2D eigenvalue weighted by Gasteiger charge is 2.39. The monoisotopic (exact) mass is 255 g/mol. The van der Waals surface area contributed by atoms with Crippen molar-refractivity contribution in [1.82, 2.24) is 5.32 Å². The van der Waals surface area contributed by atoms with E-state index in [1.165, 1.54) is 19.3 Å². The molecule has 1 amide bonds. The molecule has 1 N–H and O–H groups in total. The lowest BCUT2D eigenvalue weighted by molar-refractivity contribution is 0.0517. The van der Waals surface area contributed by atoms with E-state index in [9.17, 15) is 4.79 Å². The summed E-state index contributed by atoms with van der Waals surface area (Å²) in [5.74, 6) is 0.572. The van der Waals surface area contributed by atoms with Crippen LogP contribution in [-0.4, -0.2) is 30.4 Å². The molecule has 0 aromatic carbocycles. The topological polar surface area (TPSA) is 50.9 Å². The van der Waals surface area contributed by atoms with Crippen LogP contribution in [0.4, 0.5) is 4.79 Å². The van der Waals surface area contributed by atoms with Crippen LogP contribution < -0.4 is 5.32 Å². The van der Waals surface area contributed by atoms with Gasteiger partial charge in [0.15, 0.2) is 0 Å². The third-order valence-electron chi connectivity index (χ3n) is 3.58. The zero-order valence-electron chi connectivity index (χ0n) is 11.7. The molecule has 4 heteroatoms. The number of hydrogen-bond donors (Lipinski definition) is 1. The highest BCUT2D eigenvalue weighted by Crippen LogP contribution is 2.35. The number of nitrogens with one attached hydrogen (secondary N) is 1. The largest absolute Gasteiger partial charge is 0.444 e. The fourth-order valence-corrected chi connectivity index (χ4v) is 2.59. The molecule has 0 spiro atoms. The van der Waals surface area contributed by atoms with Crippen molar-refractivity contribution in [1.29, 1.82) is 0 Å². The van der Waals surface area contributed by atoms with E-state index in [1.54, 1.807) is 0 Å². The maximum absolute atomic E-state index is 11.6. The summed E-state index contributed by atoms with van der Waals surface area (Å²) in [7, 11) is 0. The van der Waals surface area contributed by atoms with Crippen molar-refractivity contribution >= 4 is 6.09 Å². The van der Waals surface area contributed by atoms with Crippen LogP contribution in [0.1, 0.15) is 52.9 Å². The maximum Gasteiger partial charge on any atom is 0.407 e. The van der Waals surface area contributed by atoms with Gasteiger partial charge in [0.1, 0.15) is 5.60 Å². The standard InChI is InChI=1S/C14H25NO3/c1-14(2,3)18-13(16)15-9-10-5-4-6-11-12(17-11)8-7-10/h10-12H,4-9H2,1-3H3,(H,15,16). The average molecular weight is 255 g/mol. The number of carbonyl (C=O) groups is 1. The minimum absolute atomic E-state index is 0.301. The molecule has 1 aliphatic carbocycles. The number of epoxide rings is 1. The van der Waals surface area contributed by atoms with E-state index in [-0.39, 0.29) is 6.09 Å². The molecule has 4 nitrogen and oxygen atoms in total. The van der Waals surface area contributed by atoms with Crippen molar-refractivity contribution in [3.8, 4) is 0 Å². The highest BCUT2D eigenvalue weighted by atomic mass is 16.6. The average Bonchev–Trinajstić information content (AvgIpc) is 2.92. The minimum atomic E-state index is -0.417. The van der Waals surface area contributed by atoms with Gasteiger partial charge in [-0.2, -0.15) is 0 Å². The first-order chi connectivity index (χ1) is 8.44. The molecule has 1 saturated carbocycles. The van der Waals surface area contributed by atoms with E-state index in [0.29, 0.717) is 18.1 Å². The Morgan fingerprint density at radius 2 is 1.94 bits per heavy atom. The fraction of sp³-hybridized carbons (Fsp3) is 0.929. The maximum atomic E-state index is 11.6. The smallest absolute Gasteiger partial charge is 0.407 e. The Morgan fingerprint density at radius 3 is 2.67 bits per heavy atom. The second kappa shape index (κ2) is 5.47. The molecular weight excluding hydrogens is 230 g/mol. The first-order valence-corrected chi connectivity index (χ1v) is 7.06. The highest BCUT2D eigenvalue weighted by molar-refractivity contribution is 5.67. The number of fused-ring (bicyclic) bond motifs is 1. The van der Waals surface area contributed by atoms with Crippen molar-refractivity contribution in [2.45, 2.75) is 70.7 Å². The van der Waals surface area contributed by atoms with Crippen molar-refractivity contribution in [3.05, 3.63) is 0 Å². The summed E-state index contributed by atoms with van der Waals surface area (Å²) < 4.78 is 10.8. The van der Waals surface area contributed by atoms with Crippen LogP contribution in [0.3, 0.4) is 0 Å². The van der Waals surface area contributed by atoms with E-state index in [2.05, 4.69) is 5.32 Å². The molecule has 1 heterocycles. The third-order valence-corrected chi connectivity index (χ3v) is 3.58. The van der Waals surface area contributed by atoms with Gasteiger partial charge in [0.25, 0.3) is 0 Å². The van der Waals surface area contributed by atoms with Gasteiger partial charge in [0.2, 0.25) is 0 Å². The van der Waals surface area contributed by atoms with E-state index >= 15 is 0 Å². The molecule has 3 atom stereocenters. The van der Waals surface area contributed by atoms with Gasteiger partial charge in [0.05, 0.1) is 12.2 Å². The first kappa shape index (κ1) is 13.7. The predicted molar refractivity (Wildman–Crippen MR) is 69.5 cm³/mol. The van der Waals surface area contributed by atoms with Crippen molar-refractivity contribution in [2.75, 3.05) is 6.54 Å². The number of carbonyl (C=O) groups excluding carboxylic acids is 1. The Morgan fingerprint density at radius 1 is 1.22 bits per heavy atom. The molecule has 3 unspecified atom stereocenters. The molecule has 2 rings (SSSR count). The number of alkyl carbamates (subject to hydrolysis) is 1. The molecule has 0 radical (unpaired) electrons. The summed E-state index contributed by atoms with van der Waals surface area (Å²) in [6.45, 7) is 6.37. The van der Waals surface area contributed by atoms with Gasteiger partial charge >= 0.3 is 6.09 Å². The summed E-state index contributed by atoms with van der Waals surface area (Å²) in [5, 5.41) is 2.88. The SMILES string of the molecule is CC(C)(C)OC(=O)NCC1CCCC2OC2CC1. The van der Waals surface area contributed by atoms with Crippen LogP contribution in [0.15, 0.2) is 0 Å². The quantitative estimate of drug-likeness (QED) is 0.772. The Kier molecular flexibility index (Phi) is 4.15. The van der Waals surface area contributed by atoms with Gasteiger partial charge in [0, 0.05) is 6.54 Å². The van der Waals surface area contributed by atoms with Gasteiger partial charge in [-0.3, -0.25) is 0 Å². The van der Waals surface area contributed by atoms with E-state index in [1.807, 2.05) is 20.8 Å². The van der Waals surface area contributed by atoms with Crippen LogP contribution >= 0.6 is 0 Å². The number of ether oxygens (including phenoxy) is 2. The molecule has 1 saturated heterocycles. The van der Waals surface area contributed by atoms with Crippen molar-refractivity contribution < 1.29 is 14.3 Å². The lowest BCUT2D eigenvalue weighted by Gasteiger charge is -2.22. The lowest BCUT2D eigenvalue weighted by atomic mass is 9.91. The lowest BCUT2D eigenvalue weighted by Crippen LogP contribution is -2.35. The Bertz CT molecular complexity index is 298. The molecule has 104 valence electrons. The number of amides is 1. The molecular formula is C14H25NO3. The fourth-order valence-electron chi connectivity index (χ4n) is 2.59. The summed E-state index contributed by atoms with van der Waals surface area (Å²) in [6.07, 6.45) is 6.63. The Hall–Kier alpha value is -0.770. The van der Waals surface area contributed by atoms with E-state index in [0.717, 1.165) is 19.4 Å². The normalized spacial score (nSPS) is 31.8. The minimum Gasteiger partial charge on any atom is -0.444 e. The van der Waals surface area contributed by atoms with Gasteiger partial charge in [-0.15, -0.1) is 0 Å². The van der Waals surface area contributed by atoms with Crippen molar-refractivity contribution in [2.24, 2.45) is 5.92 Å². The zero-order valence-corrected chi connectivity index (χ0v) is 11.7. The first-order valence-electron chi connectivity index (χ1n) is 7.06. The Labute approximate surface area is 109 Å². The summed E-state index contributed by atoms with van der Waals surface area (Å²) in [4.78, 5) is 11.6. The second-order valence-corrected chi connectivity index (χ2v) is 6.47. The van der Waals surface area contributed by atoms with Gasteiger partial charge in [-0.1, -0.05) is 6.42 Å². The van der Waals surface area contributed by atoms with Gasteiger partial charge < -0.3 is 14.8 Å². The molecule has 2 aliphatic rings. The summed E-state index contributed by atoms with van der Waals surface area (Å²) in [5.41, 5.74) is -0.417. The number of rotatable bonds is 2. The molecule has 0 bridgehead atoms. The molecule has 1 aliphatic heterocycles.